The highest BCUT2D eigenvalue weighted by molar-refractivity contribution is 7.21. The van der Waals surface area contributed by atoms with Gasteiger partial charge in [-0.05, 0) is 75.6 Å². The summed E-state index contributed by atoms with van der Waals surface area (Å²) < 4.78 is 7.57. The lowest BCUT2D eigenvalue weighted by Gasteiger charge is -2.48. The summed E-state index contributed by atoms with van der Waals surface area (Å²) in [5, 5.41) is 4.18. The second-order valence-electron chi connectivity index (χ2n) is 15.4. The molecule has 0 radical (unpaired) electrons. The van der Waals surface area contributed by atoms with Crippen molar-refractivity contribution in [3.8, 4) is 10.6 Å². The summed E-state index contributed by atoms with van der Waals surface area (Å²) in [7, 11) is 0. The maximum atomic E-state index is 14.2. The van der Waals surface area contributed by atoms with Crippen LogP contribution in [0.3, 0.4) is 0 Å². The maximum absolute atomic E-state index is 14.2. The summed E-state index contributed by atoms with van der Waals surface area (Å²) in [6.45, 7) is 22.7. The van der Waals surface area contributed by atoms with Crippen LogP contribution in [0.2, 0.25) is 0 Å². The maximum Gasteiger partial charge on any atom is 0.346 e. The third kappa shape index (κ3) is 4.29. The zero-order valence-corrected chi connectivity index (χ0v) is 28.0. The molecule has 0 fully saturated rings. The van der Waals surface area contributed by atoms with Crippen LogP contribution in [0.25, 0.3) is 42.5 Å². The van der Waals surface area contributed by atoms with E-state index in [1.807, 2.05) is 0 Å². The van der Waals surface area contributed by atoms with Crippen LogP contribution in [0, 0.1) is 0 Å². The zero-order valence-electron chi connectivity index (χ0n) is 27.2. The number of aromatic nitrogens is 1. The van der Waals surface area contributed by atoms with Crippen molar-refractivity contribution in [2.45, 2.75) is 104 Å². The number of hydrogen-bond acceptors (Lipinski definition) is 5. The van der Waals surface area contributed by atoms with Gasteiger partial charge in [-0.3, -0.25) is 0 Å². The topological polar surface area (TPSA) is 46.3 Å². The molecule has 1 unspecified atom stereocenters. The van der Waals surface area contributed by atoms with Crippen molar-refractivity contribution in [2.75, 3.05) is 18.0 Å². The first-order chi connectivity index (χ1) is 20.2. The number of nitrogens with zero attached hydrogens (tertiary/aromatic N) is 2. The fraction of sp³-hybridized carbons (Fsp3) is 0.474. The fourth-order valence-corrected chi connectivity index (χ4v) is 8.49. The Morgan fingerprint density at radius 2 is 1.72 bits per heavy atom. The summed E-state index contributed by atoms with van der Waals surface area (Å²) >= 11 is 1.61. The minimum absolute atomic E-state index is 0.0475. The van der Waals surface area contributed by atoms with Gasteiger partial charge in [0, 0.05) is 35.1 Å². The monoisotopic (exact) mass is 592 g/mol. The largest absolute Gasteiger partial charge is 0.422 e. The number of hydrogen-bond donors (Lipinski definition) is 0. The predicted octanol–water partition coefficient (Wildman–Crippen LogP) is 10.2. The second-order valence-corrected chi connectivity index (χ2v) is 16.4. The Morgan fingerprint density at radius 3 is 2.42 bits per heavy atom. The van der Waals surface area contributed by atoms with E-state index in [-0.39, 0.29) is 27.8 Å². The van der Waals surface area contributed by atoms with E-state index < -0.39 is 0 Å². The molecule has 5 aromatic rings. The van der Waals surface area contributed by atoms with E-state index >= 15 is 0 Å². The summed E-state index contributed by atoms with van der Waals surface area (Å²) in [4.78, 5) is 22.0. The molecule has 0 bridgehead atoms. The average Bonchev–Trinajstić information content (AvgIpc) is 3.38. The van der Waals surface area contributed by atoms with Crippen LogP contribution in [0.1, 0.15) is 110 Å². The quantitative estimate of drug-likeness (QED) is 0.196. The normalized spacial score (nSPS) is 18.4. The highest BCUT2D eigenvalue weighted by Crippen LogP contribution is 2.53. The number of fused-ring (bicyclic) bond motifs is 5. The Bertz CT molecular complexity index is 2000. The summed E-state index contributed by atoms with van der Waals surface area (Å²) in [5.74, 6) is 0.180. The molecule has 0 saturated carbocycles. The lowest BCUT2D eigenvalue weighted by molar-refractivity contribution is 0.398. The van der Waals surface area contributed by atoms with Crippen molar-refractivity contribution in [1.29, 1.82) is 0 Å². The van der Waals surface area contributed by atoms with E-state index in [1.54, 1.807) is 11.3 Å². The van der Waals surface area contributed by atoms with Gasteiger partial charge in [-0.2, -0.15) is 0 Å². The first-order valence-corrected chi connectivity index (χ1v) is 16.8. The van der Waals surface area contributed by atoms with Crippen LogP contribution >= 0.6 is 11.3 Å². The molecule has 4 nitrogen and oxygen atoms in total. The number of thiazole rings is 1. The molecule has 2 aromatic heterocycles. The average molecular weight is 593 g/mol. The number of rotatable bonds is 3. The molecule has 3 aromatic carbocycles. The van der Waals surface area contributed by atoms with Crippen LogP contribution in [0.5, 0.6) is 0 Å². The molecule has 0 amide bonds. The van der Waals surface area contributed by atoms with E-state index in [9.17, 15) is 4.79 Å². The fourth-order valence-electron chi connectivity index (χ4n) is 7.46. The molecule has 2 aliphatic rings. The minimum atomic E-state index is -0.264. The Balaban J connectivity index is 1.55. The third-order valence-corrected chi connectivity index (χ3v) is 11.5. The Morgan fingerprint density at radius 1 is 1.00 bits per heavy atom. The van der Waals surface area contributed by atoms with Gasteiger partial charge in [-0.15, -0.1) is 11.3 Å². The third-order valence-electron chi connectivity index (χ3n) is 10.5. The van der Waals surface area contributed by atoms with Crippen LogP contribution in [0.15, 0.2) is 45.6 Å². The molecular formula is C38H44N2O2S. The predicted molar refractivity (Wildman–Crippen MR) is 184 cm³/mol. The molecule has 0 N–H and O–H groups in total. The first-order valence-electron chi connectivity index (χ1n) is 16.0. The van der Waals surface area contributed by atoms with Gasteiger partial charge in [0.2, 0.25) is 0 Å². The van der Waals surface area contributed by atoms with E-state index in [1.165, 1.54) is 27.8 Å². The molecule has 2 aliphatic heterocycles. The van der Waals surface area contributed by atoms with Gasteiger partial charge in [-0.25, -0.2) is 9.78 Å². The minimum Gasteiger partial charge on any atom is -0.422 e. The molecule has 0 saturated heterocycles. The molecule has 43 heavy (non-hydrogen) atoms. The zero-order chi connectivity index (χ0) is 30.6. The Hall–Kier alpha value is -3.18. The van der Waals surface area contributed by atoms with Crippen LogP contribution in [0.4, 0.5) is 5.69 Å². The van der Waals surface area contributed by atoms with E-state index in [2.05, 4.69) is 104 Å². The number of benzene rings is 3. The molecule has 0 spiro atoms. The lowest BCUT2D eigenvalue weighted by atomic mass is 9.68. The van der Waals surface area contributed by atoms with Gasteiger partial charge in [0.25, 0.3) is 0 Å². The smallest absolute Gasteiger partial charge is 0.346 e. The van der Waals surface area contributed by atoms with E-state index in [4.69, 9.17) is 9.40 Å². The molecule has 224 valence electrons. The van der Waals surface area contributed by atoms with Crippen LogP contribution in [-0.4, -0.2) is 18.1 Å². The van der Waals surface area contributed by atoms with Crippen molar-refractivity contribution in [3.05, 3.63) is 69.1 Å². The summed E-state index contributed by atoms with van der Waals surface area (Å²) in [5.41, 5.74) is 8.50. The first kappa shape index (κ1) is 28.6. The van der Waals surface area contributed by atoms with Gasteiger partial charge in [0.1, 0.15) is 16.2 Å². The van der Waals surface area contributed by atoms with Gasteiger partial charge < -0.3 is 9.32 Å². The van der Waals surface area contributed by atoms with Gasteiger partial charge >= 0.3 is 5.63 Å². The Kier molecular flexibility index (Phi) is 6.25. The van der Waals surface area contributed by atoms with Crippen molar-refractivity contribution in [2.24, 2.45) is 0 Å². The molecular weight excluding hydrogens is 548 g/mol. The standard InChI is InChI=1S/C38H44N2O2S/c1-10-21(2)28-25-20-26-32-30(38(8,9)16-18-40(32)17-15-37(26,6)7)33(25)42-35(41)29(28)34-39-31-24-13-12-23(36(3,4)5)19-22(24)11-14-27(31)43-34/h11-14,19-21H,10,15-18H2,1-9H3. The summed E-state index contributed by atoms with van der Waals surface area (Å²) in [6, 6.07) is 13.4. The highest BCUT2D eigenvalue weighted by Gasteiger charge is 2.42. The van der Waals surface area contributed by atoms with Gasteiger partial charge in [0.15, 0.2) is 0 Å². The molecule has 7 rings (SSSR count). The van der Waals surface area contributed by atoms with Crippen molar-refractivity contribution < 1.29 is 4.42 Å². The van der Waals surface area contributed by atoms with Gasteiger partial charge in [0.05, 0.1) is 10.2 Å². The molecule has 1 atom stereocenters. The van der Waals surface area contributed by atoms with Crippen molar-refractivity contribution in [1.82, 2.24) is 4.98 Å². The van der Waals surface area contributed by atoms with Gasteiger partial charge in [-0.1, -0.05) is 86.6 Å². The van der Waals surface area contributed by atoms with Crippen molar-refractivity contribution >= 4 is 49.0 Å². The second kappa shape index (κ2) is 9.41. The lowest BCUT2D eigenvalue weighted by Crippen LogP contribution is -2.44. The van der Waals surface area contributed by atoms with E-state index in [0.29, 0.717) is 5.56 Å². The number of anilines is 1. The molecule has 4 heterocycles. The SMILES string of the molecule is CCC(C)c1c(-c2nc3c(ccc4cc(C(C)(C)C)ccc43)s2)c(=O)oc2c3c4c(cc12)C(C)(C)CCN4CCC3(C)C. The molecule has 5 heteroatoms. The molecule has 0 aliphatic carbocycles. The van der Waals surface area contributed by atoms with Crippen molar-refractivity contribution in [3.63, 3.8) is 0 Å². The van der Waals surface area contributed by atoms with Crippen LogP contribution < -0.4 is 10.5 Å². The highest BCUT2D eigenvalue weighted by atomic mass is 32.1. The van der Waals surface area contributed by atoms with Crippen LogP contribution in [-0.2, 0) is 16.2 Å². The Labute approximate surface area is 259 Å². The summed E-state index contributed by atoms with van der Waals surface area (Å²) in [6.07, 6.45) is 3.10. The van der Waals surface area contributed by atoms with E-state index in [0.717, 1.165) is 69.5 Å².